The third-order valence-electron chi connectivity index (χ3n) is 3.40. The van der Waals surface area contributed by atoms with E-state index in [1.807, 2.05) is 24.3 Å². The molecule has 0 amide bonds. The summed E-state index contributed by atoms with van der Waals surface area (Å²) in [5.74, 6) is 0.751. The summed E-state index contributed by atoms with van der Waals surface area (Å²) in [5, 5.41) is 19.2. The highest BCUT2D eigenvalue weighted by molar-refractivity contribution is 5.26. The zero-order valence-electron chi connectivity index (χ0n) is 10.1. The lowest BCUT2D eigenvalue weighted by molar-refractivity contribution is -0.0339. The second-order valence-corrected chi connectivity index (χ2v) is 4.88. The molecule has 1 saturated carbocycles. The smallest absolute Gasteiger partial charge is 0.119 e. The number of benzene rings is 1. The average Bonchev–Trinajstić information content (AvgIpc) is 2.38. The van der Waals surface area contributed by atoms with Crippen molar-refractivity contribution in [1.82, 2.24) is 0 Å². The topological polar surface area (TPSA) is 49.7 Å². The molecule has 1 fully saturated rings. The van der Waals surface area contributed by atoms with E-state index in [-0.39, 0.29) is 6.61 Å². The Morgan fingerprint density at radius 1 is 1.06 bits per heavy atom. The summed E-state index contributed by atoms with van der Waals surface area (Å²) >= 11 is 0. The van der Waals surface area contributed by atoms with Crippen LogP contribution < -0.4 is 4.74 Å². The Morgan fingerprint density at radius 3 is 2.29 bits per heavy atom. The molecule has 17 heavy (non-hydrogen) atoms. The van der Waals surface area contributed by atoms with Crippen LogP contribution in [0.15, 0.2) is 24.3 Å². The van der Waals surface area contributed by atoms with E-state index in [1.165, 1.54) is 6.42 Å². The van der Waals surface area contributed by atoms with Gasteiger partial charge in [-0.2, -0.15) is 0 Å². The van der Waals surface area contributed by atoms with E-state index < -0.39 is 5.60 Å². The largest absolute Gasteiger partial charge is 0.491 e. The van der Waals surface area contributed by atoms with E-state index in [1.54, 1.807) is 0 Å². The standard InChI is InChI=1S/C14H20O3/c15-10-12-4-6-13(7-5-12)17-11-14(16)8-2-1-3-9-14/h4-7,15-16H,1-3,8-11H2. The van der Waals surface area contributed by atoms with Crippen molar-refractivity contribution in [3.8, 4) is 5.75 Å². The van der Waals surface area contributed by atoms with Gasteiger partial charge in [0.1, 0.15) is 12.4 Å². The molecule has 3 heteroatoms. The van der Waals surface area contributed by atoms with Crippen LogP contribution in [0.5, 0.6) is 5.75 Å². The third kappa shape index (κ3) is 3.45. The zero-order chi connectivity index (χ0) is 12.1. The van der Waals surface area contributed by atoms with E-state index in [2.05, 4.69) is 0 Å². The lowest BCUT2D eigenvalue weighted by atomic mass is 9.85. The Balaban J connectivity index is 1.87. The fraction of sp³-hybridized carbons (Fsp3) is 0.571. The second-order valence-electron chi connectivity index (χ2n) is 4.88. The summed E-state index contributed by atoms with van der Waals surface area (Å²) in [6, 6.07) is 7.33. The summed E-state index contributed by atoms with van der Waals surface area (Å²) in [5.41, 5.74) is 0.224. The van der Waals surface area contributed by atoms with Gasteiger partial charge in [-0.25, -0.2) is 0 Å². The van der Waals surface area contributed by atoms with Crippen LogP contribution in [0.4, 0.5) is 0 Å². The molecule has 0 spiro atoms. The van der Waals surface area contributed by atoms with Gasteiger partial charge in [-0.15, -0.1) is 0 Å². The van der Waals surface area contributed by atoms with Crippen LogP contribution in [-0.4, -0.2) is 22.4 Å². The highest BCUT2D eigenvalue weighted by Crippen LogP contribution is 2.28. The number of aliphatic hydroxyl groups excluding tert-OH is 1. The SMILES string of the molecule is OCc1ccc(OCC2(O)CCCCC2)cc1. The van der Waals surface area contributed by atoms with Crippen LogP contribution in [0.1, 0.15) is 37.7 Å². The van der Waals surface area contributed by atoms with Crippen LogP contribution in [0.25, 0.3) is 0 Å². The predicted octanol–water partition coefficient (Wildman–Crippen LogP) is 2.25. The second kappa shape index (κ2) is 5.52. The lowest BCUT2D eigenvalue weighted by Crippen LogP contribution is -2.37. The maximum Gasteiger partial charge on any atom is 0.119 e. The lowest BCUT2D eigenvalue weighted by Gasteiger charge is -2.31. The van der Waals surface area contributed by atoms with Gasteiger partial charge in [-0.05, 0) is 30.5 Å². The van der Waals surface area contributed by atoms with E-state index in [4.69, 9.17) is 9.84 Å². The molecular formula is C14H20O3. The first-order valence-corrected chi connectivity index (χ1v) is 6.27. The van der Waals surface area contributed by atoms with Gasteiger partial charge in [0.05, 0.1) is 12.2 Å². The minimum atomic E-state index is -0.645. The summed E-state index contributed by atoms with van der Waals surface area (Å²) in [6.45, 7) is 0.412. The Labute approximate surface area is 102 Å². The monoisotopic (exact) mass is 236 g/mol. The number of aliphatic hydroxyl groups is 2. The third-order valence-corrected chi connectivity index (χ3v) is 3.40. The van der Waals surface area contributed by atoms with E-state index in [9.17, 15) is 5.11 Å². The van der Waals surface area contributed by atoms with Gasteiger partial charge in [0, 0.05) is 0 Å². The van der Waals surface area contributed by atoms with Crippen LogP contribution >= 0.6 is 0 Å². The fourth-order valence-corrected chi connectivity index (χ4v) is 2.26. The molecule has 1 aromatic carbocycles. The number of ether oxygens (including phenoxy) is 1. The summed E-state index contributed by atoms with van der Waals surface area (Å²) in [7, 11) is 0. The molecule has 0 aliphatic heterocycles. The quantitative estimate of drug-likeness (QED) is 0.843. The van der Waals surface area contributed by atoms with Gasteiger partial charge < -0.3 is 14.9 Å². The predicted molar refractivity (Wildman–Crippen MR) is 65.9 cm³/mol. The van der Waals surface area contributed by atoms with Crippen molar-refractivity contribution in [2.24, 2.45) is 0 Å². The zero-order valence-corrected chi connectivity index (χ0v) is 10.1. The van der Waals surface area contributed by atoms with E-state index >= 15 is 0 Å². The molecule has 0 aromatic heterocycles. The maximum atomic E-state index is 10.3. The molecule has 94 valence electrons. The molecule has 2 N–H and O–H groups in total. The molecule has 2 rings (SSSR count). The highest BCUT2D eigenvalue weighted by Gasteiger charge is 2.29. The first kappa shape index (κ1) is 12.4. The van der Waals surface area contributed by atoms with Crippen molar-refractivity contribution >= 4 is 0 Å². The summed E-state index contributed by atoms with van der Waals surface area (Å²) < 4.78 is 5.62. The van der Waals surface area contributed by atoms with Crippen molar-refractivity contribution in [2.75, 3.05) is 6.61 Å². The number of hydrogen-bond acceptors (Lipinski definition) is 3. The Bertz CT molecular complexity index is 339. The minimum Gasteiger partial charge on any atom is -0.491 e. The molecule has 0 bridgehead atoms. The molecule has 0 unspecified atom stereocenters. The van der Waals surface area contributed by atoms with Gasteiger partial charge in [0.25, 0.3) is 0 Å². The van der Waals surface area contributed by atoms with Crippen LogP contribution in [-0.2, 0) is 6.61 Å². The number of hydrogen-bond donors (Lipinski definition) is 2. The van der Waals surface area contributed by atoms with Crippen LogP contribution in [0.2, 0.25) is 0 Å². The van der Waals surface area contributed by atoms with Crippen molar-refractivity contribution in [1.29, 1.82) is 0 Å². The summed E-state index contributed by atoms with van der Waals surface area (Å²) in [4.78, 5) is 0. The fourth-order valence-electron chi connectivity index (χ4n) is 2.26. The Hall–Kier alpha value is -1.06. The molecule has 0 atom stereocenters. The van der Waals surface area contributed by atoms with E-state index in [0.29, 0.717) is 6.61 Å². The van der Waals surface area contributed by atoms with Gasteiger partial charge in [0.2, 0.25) is 0 Å². The van der Waals surface area contributed by atoms with Gasteiger partial charge in [-0.1, -0.05) is 31.4 Å². The van der Waals surface area contributed by atoms with Crippen molar-refractivity contribution in [3.63, 3.8) is 0 Å². The van der Waals surface area contributed by atoms with E-state index in [0.717, 1.165) is 37.0 Å². The first-order chi connectivity index (χ1) is 8.22. The molecule has 3 nitrogen and oxygen atoms in total. The molecule has 1 aliphatic carbocycles. The van der Waals surface area contributed by atoms with Crippen LogP contribution in [0.3, 0.4) is 0 Å². The summed E-state index contributed by atoms with van der Waals surface area (Å²) in [6.07, 6.45) is 5.06. The van der Waals surface area contributed by atoms with Gasteiger partial charge in [-0.3, -0.25) is 0 Å². The molecule has 0 heterocycles. The van der Waals surface area contributed by atoms with Gasteiger partial charge in [0.15, 0.2) is 0 Å². The molecule has 0 radical (unpaired) electrons. The van der Waals surface area contributed by atoms with Gasteiger partial charge >= 0.3 is 0 Å². The van der Waals surface area contributed by atoms with Crippen molar-refractivity contribution in [2.45, 2.75) is 44.3 Å². The normalized spacial score (nSPS) is 18.9. The molecule has 0 saturated heterocycles. The minimum absolute atomic E-state index is 0.0459. The van der Waals surface area contributed by atoms with Crippen molar-refractivity contribution < 1.29 is 14.9 Å². The maximum absolute atomic E-state index is 10.3. The molecule has 1 aliphatic rings. The Morgan fingerprint density at radius 2 is 1.71 bits per heavy atom. The molecular weight excluding hydrogens is 216 g/mol. The van der Waals surface area contributed by atoms with Crippen molar-refractivity contribution in [3.05, 3.63) is 29.8 Å². The average molecular weight is 236 g/mol. The first-order valence-electron chi connectivity index (χ1n) is 6.27. The molecule has 1 aromatic rings. The number of rotatable bonds is 4. The van der Waals surface area contributed by atoms with Crippen LogP contribution in [0, 0.1) is 0 Å². The highest BCUT2D eigenvalue weighted by atomic mass is 16.5. The Kier molecular flexibility index (Phi) is 4.02.